The first-order valence-electron chi connectivity index (χ1n) is 6.97. The minimum atomic E-state index is -3.45. The highest BCUT2D eigenvalue weighted by atomic mass is 79.9. The Bertz CT molecular complexity index is 590. The third kappa shape index (κ3) is 4.35. The summed E-state index contributed by atoms with van der Waals surface area (Å²) in [6, 6.07) is 4.95. The normalized spacial score (nSPS) is 17.0. The van der Waals surface area contributed by atoms with E-state index in [1.54, 1.807) is 29.6 Å². The summed E-state index contributed by atoms with van der Waals surface area (Å²) in [6.45, 7) is 2.10. The predicted molar refractivity (Wildman–Crippen MR) is 93.4 cm³/mol. The van der Waals surface area contributed by atoms with Crippen molar-refractivity contribution in [3.8, 4) is 5.75 Å². The molecule has 1 aliphatic rings. The molecule has 22 heavy (non-hydrogen) atoms. The minimum absolute atomic E-state index is 0. The Labute approximate surface area is 147 Å². The number of hydrogen-bond acceptors (Lipinski definition) is 4. The maximum absolute atomic E-state index is 12.7. The Morgan fingerprint density at radius 3 is 2.50 bits per heavy atom. The molecule has 0 unspecified atom stereocenters. The Morgan fingerprint density at radius 1 is 1.36 bits per heavy atom. The highest BCUT2D eigenvalue weighted by Gasteiger charge is 2.30. The molecule has 0 bridgehead atoms. The zero-order valence-electron chi connectivity index (χ0n) is 12.7. The van der Waals surface area contributed by atoms with E-state index in [1.807, 2.05) is 7.05 Å². The Balaban J connectivity index is 0.00000242. The maximum Gasteiger partial charge on any atom is 0.244 e. The molecule has 0 radical (unpaired) electrons. The molecular weight excluding hydrogens is 392 g/mol. The van der Waals surface area contributed by atoms with Crippen LogP contribution in [0.1, 0.15) is 12.8 Å². The van der Waals surface area contributed by atoms with E-state index in [2.05, 4.69) is 21.2 Å². The van der Waals surface area contributed by atoms with E-state index in [9.17, 15) is 8.42 Å². The van der Waals surface area contributed by atoms with Crippen LogP contribution in [0.2, 0.25) is 0 Å². The van der Waals surface area contributed by atoms with Gasteiger partial charge in [-0.05, 0) is 66.5 Å². The number of rotatable bonds is 5. The fourth-order valence-electron chi connectivity index (χ4n) is 2.60. The van der Waals surface area contributed by atoms with Crippen molar-refractivity contribution in [3.63, 3.8) is 0 Å². The van der Waals surface area contributed by atoms with Crippen LogP contribution in [0.4, 0.5) is 0 Å². The first-order chi connectivity index (χ1) is 9.98. The number of halogens is 2. The van der Waals surface area contributed by atoms with Crippen molar-refractivity contribution in [2.24, 2.45) is 5.92 Å². The van der Waals surface area contributed by atoms with Crippen LogP contribution in [0.25, 0.3) is 0 Å². The lowest BCUT2D eigenvalue weighted by Gasteiger charge is -2.31. The second-order valence-corrected chi connectivity index (χ2v) is 7.96. The first kappa shape index (κ1) is 19.7. The molecule has 1 aliphatic heterocycles. The standard InChI is InChI=1S/C14H21BrN2O3S.ClH/c1-16-10-11-5-7-17(8-6-11)21(18,19)14-4-3-12(20-2)9-13(14)15;/h3-4,9,11,16H,5-8,10H2,1-2H3;1H. The second kappa shape index (κ2) is 8.49. The quantitative estimate of drug-likeness (QED) is 0.806. The number of hydrogen-bond donors (Lipinski definition) is 1. The van der Waals surface area contributed by atoms with Gasteiger partial charge in [0.2, 0.25) is 10.0 Å². The Hall–Kier alpha value is -0.340. The molecule has 0 atom stereocenters. The average Bonchev–Trinajstić information content (AvgIpc) is 2.47. The molecular formula is C14H22BrClN2O3S. The van der Waals surface area contributed by atoms with Gasteiger partial charge in [-0.3, -0.25) is 0 Å². The zero-order valence-corrected chi connectivity index (χ0v) is 15.9. The number of benzene rings is 1. The van der Waals surface area contributed by atoms with E-state index in [1.165, 1.54) is 0 Å². The van der Waals surface area contributed by atoms with Crippen LogP contribution < -0.4 is 10.1 Å². The smallest absolute Gasteiger partial charge is 0.244 e. The lowest BCUT2D eigenvalue weighted by atomic mass is 9.98. The SMILES string of the molecule is CNCC1CCN(S(=O)(=O)c2ccc(OC)cc2Br)CC1.Cl. The summed E-state index contributed by atoms with van der Waals surface area (Å²) in [7, 11) is 0.0406. The highest BCUT2D eigenvalue weighted by Crippen LogP contribution is 2.30. The second-order valence-electron chi connectivity index (χ2n) is 5.20. The molecule has 2 rings (SSSR count). The molecule has 8 heteroatoms. The predicted octanol–water partition coefficient (Wildman–Crippen LogP) is 2.50. The number of nitrogens with one attached hydrogen (secondary N) is 1. The molecule has 0 aliphatic carbocycles. The maximum atomic E-state index is 12.7. The third-order valence-corrected chi connectivity index (χ3v) is 6.70. The van der Waals surface area contributed by atoms with Crippen molar-refractivity contribution in [1.29, 1.82) is 0 Å². The number of methoxy groups -OCH3 is 1. The van der Waals surface area contributed by atoms with E-state index >= 15 is 0 Å². The van der Waals surface area contributed by atoms with Gasteiger partial charge in [0, 0.05) is 17.6 Å². The van der Waals surface area contributed by atoms with Gasteiger partial charge in [-0.25, -0.2) is 8.42 Å². The molecule has 5 nitrogen and oxygen atoms in total. The zero-order chi connectivity index (χ0) is 15.5. The topological polar surface area (TPSA) is 58.6 Å². The summed E-state index contributed by atoms with van der Waals surface area (Å²) < 4.78 is 32.6. The molecule has 0 aromatic heterocycles. The van der Waals surface area contributed by atoms with Gasteiger partial charge in [0.25, 0.3) is 0 Å². The van der Waals surface area contributed by atoms with E-state index in [0.717, 1.165) is 19.4 Å². The van der Waals surface area contributed by atoms with Crippen LogP contribution in [0.15, 0.2) is 27.6 Å². The van der Waals surface area contributed by atoms with Crippen molar-refractivity contribution >= 4 is 38.4 Å². The monoisotopic (exact) mass is 412 g/mol. The summed E-state index contributed by atoms with van der Waals surface area (Å²) >= 11 is 3.33. The van der Waals surface area contributed by atoms with Gasteiger partial charge in [-0.1, -0.05) is 0 Å². The molecule has 1 fully saturated rings. The van der Waals surface area contributed by atoms with Crippen LogP contribution in [-0.2, 0) is 10.0 Å². The fourth-order valence-corrected chi connectivity index (χ4v) is 5.09. The Morgan fingerprint density at radius 2 is 2.00 bits per heavy atom. The van der Waals surface area contributed by atoms with Gasteiger partial charge >= 0.3 is 0 Å². The van der Waals surface area contributed by atoms with Crippen molar-refractivity contribution in [2.45, 2.75) is 17.7 Å². The molecule has 0 spiro atoms. The number of nitrogens with zero attached hydrogens (tertiary/aromatic N) is 1. The number of ether oxygens (including phenoxy) is 1. The molecule has 1 aromatic rings. The molecule has 1 N–H and O–H groups in total. The fraction of sp³-hybridized carbons (Fsp3) is 0.571. The van der Waals surface area contributed by atoms with E-state index in [4.69, 9.17) is 4.74 Å². The third-order valence-electron chi connectivity index (χ3n) is 3.82. The van der Waals surface area contributed by atoms with Gasteiger partial charge in [0.1, 0.15) is 5.75 Å². The van der Waals surface area contributed by atoms with Gasteiger partial charge in [0.05, 0.1) is 12.0 Å². The number of piperidine rings is 1. The van der Waals surface area contributed by atoms with Crippen molar-refractivity contribution in [3.05, 3.63) is 22.7 Å². The summed E-state index contributed by atoms with van der Waals surface area (Å²) in [5.41, 5.74) is 0. The van der Waals surface area contributed by atoms with E-state index < -0.39 is 10.0 Å². The van der Waals surface area contributed by atoms with Gasteiger partial charge in [-0.2, -0.15) is 4.31 Å². The van der Waals surface area contributed by atoms with E-state index in [-0.39, 0.29) is 12.4 Å². The average molecular weight is 414 g/mol. The summed E-state index contributed by atoms with van der Waals surface area (Å²) in [5.74, 6) is 1.19. The van der Waals surface area contributed by atoms with Gasteiger partial charge in [-0.15, -0.1) is 12.4 Å². The molecule has 126 valence electrons. The molecule has 0 saturated carbocycles. The largest absolute Gasteiger partial charge is 0.497 e. The van der Waals surface area contributed by atoms with Crippen molar-refractivity contribution in [1.82, 2.24) is 9.62 Å². The van der Waals surface area contributed by atoms with Crippen LogP contribution in [-0.4, -0.2) is 46.5 Å². The van der Waals surface area contributed by atoms with Crippen LogP contribution in [0, 0.1) is 5.92 Å². The van der Waals surface area contributed by atoms with Crippen molar-refractivity contribution in [2.75, 3.05) is 33.8 Å². The van der Waals surface area contributed by atoms with Gasteiger partial charge in [0.15, 0.2) is 0 Å². The minimum Gasteiger partial charge on any atom is -0.497 e. The Kier molecular flexibility index (Phi) is 7.61. The van der Waals surface area contributed by atoms with Crippen LogP contribution >= 0.6 is 28.3 Å². The van der Waals surface area contributed by atoms with Crippen molar-refractivity contribution < 1.29 is 13.2 Å². The summed E-state index contributed by atoms with van der Waals surface area (Å²) in [4.78, 5) is 0.301. The summed E-state index contributed by atoms with van der Waals surface area (Å²) in [5, 5.41) is 3.16. The molecule has 0 amide bonds. The molecule has 1 aromatic carbocycles. The lowest BCUT2D eigenvalue weighted by molar-refractivity contribution is 0.270. The lowest BCUT2D eigenvalue weighted by Crippen LogP contribution is -2.40. The highest BCUT2D eigenvalue weighted by molar-refractivity contribution is 9.10. The van der Waals surface area contributed by atoms with Crippen LogP contribution in [0.3, 0.4) is 0 Å². The molecule has 1 saturated heterocycles. The van der Waals surface area contributed by atoms with E-state index in [0.29, 0.717) is 34.1 Å². The van der Waals surface area contributed by atoms with Crippen LogP contribution in [0.5, 0.6) is 5.75 Å². The number of sulfonamides is 1. The molecule has 1 heterocycles. The first-order valence-corrected chi connectivity index (χ1v) is 9.20. The summed E-state index contributed by atoms with van der Waals surface area (Å²) in [6.07, 6.45) is 1.79. The van der Waals surface area contributed by atoms with Gasteiger partial charge < -0.3 is 10.1 Å².